The highest BCUT2D eigenvalue weighted by molar-refractivity contribution is 7.89. The summed E-state index contributed by atoms with van der Waals surface area (Å²) in [4.78, 5) is 18.7. The molecule has 0 saturated carbocycles. The minimum atomic E-state index is -3.40. The van der Waals surface area contributed by atoms with Gasteiger partial charge in [0, 0.05) is 30.4 Å². The van der Waals surface area contributed by atoms with E-state index in [4.69, 9.17) is 9.47 Å². The zero-order valence-corrected chi connectivity index (χ0v) is 21.0. The van der Waals surface area contributed by atoms with Gasteiger partial charge in [0.2, 0.25) is 0 Å². The van der Waals surface area contributed by atoms with E-state index in [1.165, 1.54) is 42.7 Å². The van der Waals surface area contributed by atoms with Crippen LogP contribution in [0.3, 0.4) is 0 Å². The predicted molar refractivity (Wildman–Crippen MR) is 129 cm³/mol. The highest BCUT2D eigenvalue weighted by Crippen LogP contribution is 2.34. The molecule has 2 heterocycles. The number of rotatable bonds is 9. The third-order valence-corrected chi connectivity index (χ3v) is 6.97. The number of nitrogens with one attached hydrogen (secondary N) is 1. The zero-order chi connectivity index (χ0) is 26.1. The lowest BCUT2D eigenvalue weighted by Gasteiger charge is -2.10. The first-order valence-corrected chi connectivity index (χ1v) is 13.3. The first kappa shape index (κ1) is 25.5. The van der Waals surface area contributed by atoms with Crippen LogP contribution >= 0.6 is 11.3 Å². The number of aromatic nitrogens is 3. The van der Waals surface area contributed by atoms with Crippen LogP contribution in [0.15, 0.2) is 51.8 Å². The van der Waals surface area contributed by atoms with E-state index in [0.717, 1.165) is 13.2 Å². The summed E-state index contributed by atoms with van der Waals surface area (Å²) in [7, 11) is -1.95. The smallest absolute Gasteiger partial charge is 0.439 e. The van der Waals surface area contributed by atoms with Crippen LogP contribution in [0, 0.1) is 0 Å². The Bertz CT molecular complexity index is 1540. The second-order valence-corrected chi connectivity index (χ2v) is 11.2. The van der Waals surface area contributed by atoms with Crippen molar-refractivity contribution < 1.29 is 31.2 Å². The van der Waals surface area contributed by atoms with Crippen LogP contribution in [-0.4, -0.2) is 36.9 Å². The number of methoxy groups -OCH3 is 1. The molecule has 0 radical (unpaired) electrons. The molecule has 0 aliphatic carbocycles. The van der Waals surface area contributed by atoms with Gasteiger partial charge in [-0.05, 0) is 12.1 Å². The standard InChI is InChI=1S/C23H21F2N3O6S2/c1-23(24,25)14-6-4-13(5-7-14)21-26-17(12-36(3,30)31)19(35-21)11-33-15-8-9-16(18(10-15)32-2)20-27-22(29)34-28-20/h4-10H,11-12H2,1-3H3,(H,27,28,29). The Kier molecular flexibility index (Phi) is 6.96. The lowest BCUT2D eigenvalue weighted by Crippen LogP contribution is -2.06. The van der Waals surface area contributed by atoms with Gasteiger partial charge in [0.25, 0.3) is 5.92 Å². The number of nitrogens with zero attached hydrogens (tertiary/aromatic N) is 2. The Balaban J connectivity index is 1.60. The quantitative estimate of drug-likeness (QED) is 0.333. The molecule has 1 N–H and O–H groups in total. The van der Waals surface area contributed by atoms with Crippen molar-refractivity contribution in [3.63, 3.8) is 0 Å². The fourth-order valence-corrected chi connectivity index (χ4v) is 5.16. The number of alkyl halides is 2. The van der Waals surface area contributed by atoms with Gasteiger partial charge in [0.05, 0.1) is 29.0 Å². The molecule has 0 spiro atoms. The van der Waals surface area contributed by atoms with Crippen molar-refractivity contribution in [1.82, 2.24) is 15.1 Å². The fraction of sp³-hybridized carbons (Fsp3) is 0.261. The first-order chi connectivity index (χ1) is 16.9. The third kappa shape index (κ3) is 5.97. The molecule has 190 valence electrons. The van der Waals surface area contributed by atoms with E-state index in [0.29, 0.717) is 38.2 Å². The summed E-state index contributed by atoms with van der Waals surface area (Å²) < 4.78 is 66.8. The molecule has 36 heavy (non-hydrogen) atoms. The molecule has 13 heteroatoms. The van der Waals surface area contributed by atoms with Crippen molar-refractivity contribution in [3.05, 3.63) is 69.1 Å². The third-order valence-electron chi connectivity index (χ3n) is 5.05. The Morgan fingerprint density at radius 3 is 2.47 bits per heavy atom. The van der Waals surface area contributed by atoms with Gasteiger partial charge in [-0.3, -0.25) is 9.51 Å². The van der Waals surface area contributed by atoms with Crippen LogP contribution < -0.4 is 15.2 Å². The molecule has 2 aromatic carbocycles. The van der Waals surface area contributed by atoms with Gasteiger partial charge in [-0.1, -0.05) is 29.4 Å². The molecule has 9 nitrogen and oxygen atoms in total. The number of ether oxygens (including phenoxy) is 2. The summed E-state index contributed by atoms with van der Waals surface area (Å²) in [6.07, 6.45) is 1.10. The van der Waals surface area contributed by atoms with Crippen molar-refractivity contribution in [2.45, 2.75) is 25.2 Å². The summed E-state index contributed by atoms with van der Waals surface area (Å²) in [5.41, 5.74) is 1.26. The molecule has 4 rings (SSSR count). The number of sulfone groups is 1. The van der Waals surface area contributed by atoms with Gasteiger partial charge in [-0.25, -0.2) is 27.0 Å². The number of H-pyrrole nitrogens is 1. The van der Waals surface area contributed by atoms with Crippen LogP contribution in [-0.2, 0) is 28.1 Å². The summed E-state index contributed by atoms with van der Waals surface area (Å²) in [6.45, 7) is 0.828. The Morgan fingerprint density at radius 1 is 1.17 bits per heavy atom. The molecule has 0 amide bonds. The van der Waals surface area contributed by atoms with Crippen molar-refractivity contribution in [3.8, 4) is 33.5 Å². The molecule has 0 aliphatic rings. The largest absolute Gasteiger partial charge is 0.496 e. The lowest BCUT2D eigenvalue weighted by molar-refractivity contribution is 0.0175. The predicted octanol–water partition coefficient (Wildman–Crippen LogP) is 4.40. The number of hydrogen-bond acceptors (Lipinski definition) is 9. The van der Waals surface area contributed by atoms with Crippen LogP contribution in [0.5, 0.6) is 11.5 Å². The molecular formula is C23H21F2N3O6S2. The van der Waals surface area contributed by atoms with E-state index in [1.807, 2.05) is 0 Å². The van der Waals surface area contributed by atoms with E-state index in [2.05, 4.69) is 19.6 Å². The molecule has 0 unspecified atom stereocenters. The molecule has 0 saturated heterocycles. The number of thiazole rings is 1. The maximum absolute atomic E-state index is 13.6. The second kappa shape index (κ2) is 9.82. The molecular weight excluding hydrogens is 516 g/mol. The van der Waals surface area contributed by atoms with Gasteiger partial charge in [-0.15, -0.1) is 11.3 Å². The van der Waals surface area contributed by atoms with E-state index in [9.17, 15) is 22.0 Å². The molecule has 0 atom stereocenters. The maximum atomic E-state index is 13.6. The Hall–Kier alpha value is -3.58. The number of hydrogen-bond donors (Lipinski definition) is 1. The van der Waals surface area contributed by atoms with Crippen molar-refractivity contribution in [1.29, 1.82) is 0 Å². The van der Waals surface area contributed by atoms with Gasteiger partial charge >= 0.3 is 5.76 Å². The summed E-state index contributed by atoms with van der Waals surface area (Å²) in [6, 6.07) is 10.5. The van der Waals surface area contributed by atoms with Crippen LogP contribution in [0.1, 0.15) is 23.1 Å². The zero-order valence-electron chi connectivity index (χ0n) is 19.4. The summed E-state index contributed by atoms with van der Waals surface area (Å²) in [5.74, 6) is -3.00. The van der Waals surface area contributed by atoms with Crippen molar-refractivity contribution in [2.24, 2.45) is 0 Å². The van der Waals surface area contributed by atoms with Gasteiger partial charge in [0.1, 0.15) is 23.1 Å². The van der Waals surface area contributed by atoms with Crippen LogP contribution in [0.2, 0.25) is 0 Å². The average Bonchev–Trinajstić information content (AvgIpc) is 3.42. The van der Waals surface area contributed by atoms with Crippen molar-refractivity contribution in [2.75, 3.05) is 13.4 Å². The van der Waals surface area contributed by atoms with Gasteiger partial charge < -0.3 is 9.47 Å². The minimum Gasteiger partial charge on any atom is -0.496 e. The highest BCUT2D eigenvalue weighted by atomic mass is 32.2. The Morgan fingerprint density at radius 2 is 1.89 bits per heavy atom. The van der Waals surface area contributed by atoms with E-state index < -0.39 is 21.5 Å². The molecule has 4 aromatic rings. The van der Waals surface area contributed by atoms with E-state index >= 15 is 0 Å². The average molecular weight is 538 g/mol. The molecule has 2 aromatic heterocycles. The summed E-state index contributed by atoms with van der Waals surface area (Å²) >= 11 is 1.22. The number of halogens is 2. The molecule has 0 aliphatic heterocycles. The molecule has 0 fully saturated rings. The SMILES string of the molecule is COc1cc(OCc2sc(-c3ccc(C(C)(F)F)cc3)nc2CS(C)(=O)=O)ccc1-c1noc(=O)[nH]1. The minimum absolute atomic E-state index is 0.0108. The number of benzene rings is 2. The Labute approximate surface area is 208 Å². The topological polar surface area (TPSA) is 124 Å². The summed E-state index contributed by atoms with van der Waals surface area (Å²) in [5, 5.41) is 4.13. The monoisotopic (exact) mass is 537 g/mol. The van der Waals surface area contributed by atoms with Gasteiger partial charge in [0.15, 0.2) is 15.7 Å². The first-order valence-electron chi connectivity index (χ1n) is 10.4. The normalized spacial score (nSPS) is 12.0. The van der Waals surface area contributed by atoms with E-state index in [1.54, 1.807) is 18.2 Å². The van der Waals surface area contributed by atoms with Crippen LogP contribution in [0.25, 0.3) is 22.0 Å². The van der Waals surface area contributed by atoms with E-state index in [-0.39, 0.29) is 23.7 Å². The highest BCUT2D eigenvalue weighted by Gasteiger charge is 2.24. The van der Waals surface area contributed by atoms with Gasteiger partial charge in [-0.2, -0.15) is 0 Å². The van der Waals surface area contributed by atoms with Crippen LogP contribution in [0.4, 0.5) is 8.78 Å². The maximum Gasteiger partial charge on any atom is 0.439 e. The fourth-order valence-electron chi connectivity index (χ4n) is 3.34. The van der Waals surface area contributed by atoms with Crippen molar-refractivity contribution >= 4 is 21.2 Å². The molecule has 0 bridgehead atoms. The lowest BCUT2D eigenvalue weighted by atomic mass is 10.1. The number of aromatic amines is 1. The second-order valence-electron chi connectivity index (χ2n) is 8.02.